The Morgan fingerprint density at radius 1 is 1.15 bits per heavy atom. The molecule has 0 saturated heterocycles. The molecule has 1 aromatic carbocycles. The molecule has 40 heavy (non-hydrogen) atoms. The number of aromatic nitrogens is 2. The molecule has 0 saturated carbocycles. The molecule has 3 atom stereocenters. The Balaban J connectivity index is 1.59. The van der Waals surface area contributed by atoms with Crippen LogP contribution < -0.4 is 11.5 Å². The minimum absolute atomic E-state index is 0.0217. The lowest BCUT2D eigenvalue weighted by molar-refractivity contribution is 0.206. The van der Waals surface area contributed by atoms with Crippen molar-refractivity contribution >= 4 is 17.1 Å². The van der Waals surface area contributed by atoms with Gasteiger partial charge in [0.2, 0.25) is 0 Å². The zero-order valence-corrected chi connectivity index (χ0v) is 24.7. The lowest BCUT2D eigenvalue weighted by Gasteiger charge is -2.34. The average molecular weight is 538 g/mol. The largest absolute Gasteiger partial charge is 0.382 e. The van der Waals surface area contributed by atoms with Gasteiger partial charge in [0.15, 0.2) is 5.82 Å². The summed E-state index contributed by atoms with van der Waals surface area (Å²) in [5, 5.41) is 9.21. The molecule has 5 N–H and O–H groups in total. The zero-order valence-electron chi connectivity index (χ0n) is 24.7. The smallest absolute Gasteiger partial charge is 0.152 e. The van der Waals surface area contributed by atoms with Crippen molar-refractivity contribution in [1.29, 1.82) is 5.41 Å². The van der Waals surface area contributed by atoms with Crippen molar-refractivity contribution in [3.8, 4) is 0 Å². The molecule has 1 heterocycles. The number of benzene rings is 1. The van der Waals surface area contributed by atoms with E-state index >= 15 is 0 Å². The number of aryl methyl sites for hydroxylation is 1. The highest BCUT2D eigenvalue weighted by molar-refractivity contribution is 6.03. The van der Waals surface area contributed by atoms with Crippen molar-refractivity contribution in [2.45, 2.75) is 91.0 Å². The summed E-state index contributed by atoms with van der Waals surface area (Å²) in [5.41, 5.74) is 22.2. The minimum atomic E-state index is -0.0477. The van der Waals surface area contributed by atoms with Gasteiger partial charge in [0, 0.05) is 12.0 Å². The monoisotopic (exact) mass is 537 g/mol. The molecule has 0 fully saturated rings. The summed E-state index contributed by atoms with van der Waals surface area (Å²) in [4.78, 5) is 9.83. The molecule has 0 radical (unpaired) electrons. The Bertz CT molecular complexity index is 1330. The minimum Gasteiger partial charge on any atom is -0.382 e. The highest BCUT2D eigenvalue weighted by Gasteiger charge is 2.43. The van der Waals surface area contributed by atoms with Gasteiger partial charge >= 0.3 is 0 Å². The molecule has 2 aromatic rings. The molecular weight excluding hydrogens is 490 g/mol. The highest BCUT2D eigenvalue weighted by Crippen LogP contribution is 2.51. The molecule has 0 bridgehead atoms. The number of fused-ring (bicyclic) bond motifs is 1. The quantitative estimate of drug-likeness (QED) is 0.199. The first-order valence-electron chi connectivity index (χ1n) is 15.0. The van der Waals surface area contributed by atoms with E-state index in [9.17, 15) is 5.41 Å². The van der Waals surface area contributed by atoms with Crippen molar-refractivity contribution < 1.29 is 0 Å². The van der Waals surface area contributed by atoms with Gasteiger partial charge in [-0.1, -0.05) is 87.9 Å². The topological polar surface area (TPSA) is 102 Å². The Kier molecular flexibility index (Phi) is 9.57. The van der Waals surface area contributed by atoms with E-state index in [4.69, 9.17) is 21.4 Å². The van der Waals surface area contributed by atoms with Gasteiger partial charge in [0.1, 0.15) is 5.69 Å². The second-order valence-corrected chi connectivity index (χ2v) is 11.7. The predicted molar refractivity (Wildman–Crippen MR) is 169 cm³/mol. The number of anilines is 1. The zero-order chi connectivity index (χ0) is 28.9. The SMILES string of the molecule is C=C/C=C\C1=C(C)CCCCC1C(=N)c1nc(CC)c(C(=C)CCC2(CCC)Cc3ccccc3[C@H]2N)nc1N. The standard InChI is InChI=1S/C35H47N5/c1-6-9-16-26-23(4)14-10-12-18-28(26)30(36)32-34(38)40-31(29(8-3)39-32)24(5)19-21-35(20-7-2)22-25-15-11-13-17-27(25)33(35)37/h6,9,11,13,15-17,28,33,36H,1,5,7-8,10,12,14,18-22,37H2,2-4H3,(H2,38,40)/b16-9-,36-30?/t28?,33-,35?/m1/s1. The third kappa shape index (κ3) is 5.90. The number of hydrogen-bond acceptors (Lipinski definition) is 5. The van der Waals surface area contributed by atoms with Crippen LogP contribution >= 0.6 is 0 Å². The number of nitrogen functional groups attached to an aromatic ring is 1. The van der Waals surface area contributed by atoms with E-state index in [1.807, 2.05) is 6.08 Å². The van der Waals surface area contributed by atoms with Crippen LogP contribution in [0.4, 0.5) is 5.82 Å². The average Bonchev–Trinajstić information content (AvgIpc) is 3.09. The molecule has 1 aromatic heterocycles. The van der Waals surface area contributed by atoms with Crippen LogP contribution in [0.3, 0.4) is 0 Å². The Morgan fingerprint density at radius 3 is 2.62 bits per heavy atom. The van der Waals surface area contributed by atoms with E-state index in [1.165, 1.54) is 22.3 Å². The third-order valence-electron chi connectivity index (χ3n) is 9.11. The molecule has 2 unspecified atom stereocenters. The number of nitrogens with two attached hydrogens (primary N) is 2. The van der Waals surface area contributed by atoms with Gasteiger partial charge in [-0.2, -0.15) is 0 Å². The normalized spacial score (nSPS) is 22.8. The Morgan fingerprint density at radius 2 is 1.93 bits per heavy atom. The first-order chi connectivity index (χ1) is 19.3. The van der Waals surface area contributed by atoms with Crippen LogP contribution in [-0.2, 0) is 12.8 Å². The Labute approximate surface area is 241 Å². The van der Waals surface area contributed by atoms with E-state index in [2.05, 4.69) is 64.3 Å². The van der Waals surface area contributed by atoms with Crippen molar-refractivity contribution in [3.05, 3.63) is 95.0 Å². The molecule has 2 aliphatic carbocycles. The predicted octanol–water partition coefficient (Wildman–Crippen LogP) is 8.07. The number of allylic oxidation sites excluding steroid dienone is 6. The van der Waals surface area contributed by atoms with Crippen LogP contribution in [0.5, 0.6) is 0 Å². The molecule has 5 heteroatoms. The summed E-state index contributed by atoms with van der Waals surface area (Å²) >= 11 is 0. The second kappa shape index (κ2) is 12.9. The molecule has 0 amide bonds. The van der Waals surface area contributed by atoms with Crippen LogP contribution in [0.15, 0.2) is 66.8 Å². The van der Waals surface area contributed by atoms with Crippen molar-refractivity contribution in [1.82, 2.24) is 9.97 Å². The fourth-order valence-electron chi connectivity index (χ4n) is 6.89. The van der Waals surface area contributed by atoms with E-state index in [1.54, 1.807) is 6.08 Å². The number of rotatable bonds is 11. The number of nitrogens with one attached hydrogen (secondary N) is 1. The first-order valence-corrected chi connectivity index (χ1v) is 15.0. The molecule has 4 rings (SSSR count). The second-order valence-electron chi connectivity index (χ2n) is 11.7. The lowest BCUT2D eigenvalue weighted by atomic mass is 9.73. The lowest BCUT2D eigenvalue weighted by Crippen LogP contribution is -2.31. The summed E-state index contributed by atoms with van der Waals surface area (Å²) in [6, 6.07) is 8.64. The molecule has 5 nitrogen and oxygen atoms in total. The summed E-state index contributed by atoms with van der Waals surface area (Å²) in [5.74, 6) is 0.272. The summed E-state index contributed by atoms with van der Waals surface area (Å²) in [6.45, 7) is 14.8. The van der Waals surface area contributed by atoms with Gasteiger partial charge in [-0.3, -0.25) is 0 Å². The maximum absolute atomic E-state index is 9.21. The fraction of sp³-hybridized carbons (Fsp3) is 0.457. The molecule has 0 aliphatic heterocycles. The van der Waals surface area contributed by atoms with E-state index in [0.29, 0.717) is 23.6 Å². The van der Waals surface area contributed by atoms with E-state index in [0.717, 1.165) is 74.7 Å². The van der Waals surface area contributed by atoms with Gasteiger partial charge < -0.3 is 16.9 Å². The summed E-state index contributed by atoms with van der Waals surface area (Å²) in [7, 11) is 0. The highest BCUT2D eigenvalue weighted by atomic mass is 14.9. The third-order valence-corrected chi connectivity index (χ3v) is 9.11. The van der Waals surface area contributed by atoms with Gasteiger partial charge in [-0.05, 0) is 86.0 Å². The van der Waals surface area contributed by atoms with Crippen LogP contribution in [0.2, 0.25) is 0 Å². The maximum Gasteiger partial charge on any atom is 0.152 e. The van der Waals surface area contributed by atoms with Crippen LogP contribution in [0.1, 0.15) is 106 Å². The van der Waals surface area contributed by atoms with Gasteiger partial charge in [0.05, 0.1) is 17.1 Å². The maximum atomic E-state index is 9.21. The van der Waals surface area contributed by atoms with Crippen molar-refractivity contribution in [2.75, 3.05) is 5.73 Å². The van der Waals surface area contributed by atoms with Crippen LogP contribution in [-0.4, -0.2) is 15.7 Å². The van der Waals surface area contributed by atoms with E-state index in [-0.39, 0.29) is 17.4 Å². The van der Waals surface area contributed by atoms with Crippen LogP contribution in [0, 0.1) is 16.7 Å². The van der Waals surface area contributed by atoms with Crippen LogP contribution in [0.25, 0.3) is 5.57 Å². The number of hydrogen-bond donors (Lipinski definition) is 3. The first kappa shape index (κ1) is 29.7. The Hall–Kier alpha value is -3.31. The van der Waals surface area contributed by atoms with E-state index < -0.39 is 0 Å². The molecule has 212 valence electrons. The van der Waals surface area contributed by atoms with Gasteiger partial charge in [0.25, 0.3) is 0 Å². The molecule has 0 spiro atoms. The number of nitrogens with zero attached hydrogens (tertiary/aromatic N) is 2. The van der Waals surface area contributed by atoms with Gasteiger partial charge in [-0.15, -0.1) is 0 Å². The molecular formula is C35H47N5. The summed E-state index contributed by atoms with van der Waals surface area (Å²) in [6.07, 6.45) is 15.6. The summed E-state index contributed by atoms with van der Waals surface area (Å²) < 4.78 is 0. The van der Waals surface area contributed by atoms with Crippen molar-refractivity contribution in [3.63, 3.8) is 0 Å². The van der Waals surface area contributed by atoms with Gasteiger partial charge in [-0.25, -0.2) is 9.97 Å². The fourth-order valence-corrected chi connectivity index (χ4v) is 6.89. The van der Waals surface area contributed by atoms with Crippen molar-refractivity contribution in [2.24, 2.45) is 17.1 Å². The molecule has 2 aliphatic rings.